The van der Waals surface area contributed by atoms with E-state index in [-0.39, 0.29) is 55.8 Å². The molecule has 7 atom stereocenters. The van der Waals surface area contributed by atoms with Gasteiger partial charge in [0.25, 0.3) is 0 Å². The number of halogens is 6. The number of likely N-dealkylation sites (tertiary alicyclic amines) is 1. The van der Waals surface area contributed by atoms with Crippen LogP contribution < -0.4 is 4.90 Å². The number of piperazine rings is 1. The first-order chi connectivity index (χ1) is 19.8. The minimum atomic E-state index is -5.07. The third-order valence-corrected chi connectivity index (χ3v) is 10.2. The second-order valence-electron chi connectivity index (χ2n) is 12.3. The van der Waals surface area contributed by atoms with E-state index in [0.717, 1.165) is 29.7 Å². The van der Waals surface area contributed by atoms with Gasteiger partial charge in [0.2, 0.25) is 5.91 Å². The molecule has 4 heterocycles. The molecule has 0 unspecified atom stereocenters. The van der Waals surface area contributed by atoms with Crippen LogP contribution in [0.3, 0.4) is 0 Å². The highest BCUT2D eigenvalue weighted by Gasteiger charge is 2.62. The molecule has 0 spiro atoms. The summed E-state index contributed by atoms with van der Waals surface area (Å²) in [6.45, 7) is 0.945. The van der Waals surface area contributed by atoms with Crippen molar-refractivity contribution in [1.29, 1.82) is 0 Å². The Morgan fingerprint density at radius 3 is 2.57 bits per heavy atom. The third kappa shape index (κ3) is 4.91. The summed E-state index contributed by atoms with van der Waals surface area (Å²) in [7, 11) is 1.39. The fraction of sp³-hybridized carbons (Fsp3) is 0.750. The SMILES string of the molecule is CO[C@@H]1COCC[C@@H]1N(C(=O)C(F)(F)F)[C@@H]1C[C@H]2CCC[C@@]2(C(=O)N2C[C@@H]3C[C@H]2CN3c2cc(C(F)(F)F)ccn2)C1. The molecule has 0 aromatic carbocycles. The Hall–Kier alpha value is -2.61. The van der Waals surface area contributed by atoms with Crippen LogP contribution >= 0.6 is 0 Å². The predicted molar refractivity (Wildman–Crippen MR) is 136 cm³/mol. The largest absolute Gasteiger partial charge is 0.471 e. The minimum absolute atomic E-state index is 0.0805. The number of fused-ring (bicyclic) bond motifs is 3. The lowest BCUT2D eigenvalue weighted by Gasteiger charge is -2.43. The maximum atomic E-state index is 14.3. The number of amides is 2. The van der Waals surface area contributed by atoms with Crippen molar-refractivity contribution in [3.8, 4) is 0 Å². The van der Waals surface area contributed by atoms with E-state index in [2.05, 4.69) is 4.98 Å². The second-order valence-corrected chi connectivity index (χ2v) is 12.3. The molecule has 3 aliphatic heterocycles. The number of anilines is 1. The van der Waals surface area contributed by atoms with Crippen molar-refractivity contribution in [3.63, 3.8) is 0 Å². The molecule has 5 fully saturated rings. The van der Waals surface area contributed by atoms with E-state index in [1.165, 1.54) is 7.11 Å². The van der Waals surface area contributed by atoms with Gasteiger partial charge in [0.15, 0.2) is 0 Å². The van der Waals surface area contributed by atoms with Crippen LogP contribution in [0, 0.1) is 11.3 Å². The molecule has 0 radical (unpaired) electrons. The molecule has 6 rings (SSSR count). The lowest BCUT2D eigenvalue weighted by atomic mass is 9.78. The lowest BCUT2D eigenvalue weighted by Crippen LogP contribution is -2.59. The van der Waals surface area contributed by atoms with Gasteiger partial charge < -0.3 is 24.2 Å². The van der Waals surface area contributed by atoms with Crippen LogP contribution in [0.25, 0.3) is 0 Å². The number of methoxy groups -OCH3 is 1. The minimum Gasteiger partial charge on any atom is -0.379 e. The summed E-state index contributed by atoms with van der Waals surface area (Å²) in [6.07, 6.45) is -5.88. The summed E-state index contributed by atoms with van der Waals surface area (Å²) >= 11 is 0. The smallest absolute Gasteiger partial charge is 0.379 e. The highest BCUT2D eigenvalue weighted by Crippen LogP contribution is 2.58. The Bertz CT molecular complexity index is 1210. The Morgan fingerprint density at radius 2 is 1.90 bits per heavy atom. The Morgan fingerprint density at radius 1 is 1.12 bits per heavy atom. The number of hydrogen-bond acceptors (Lipinski definition) is 6. The normalized spacial score (nSPS) is 34.6. The summed E-state index contributed by atoms with van der Waals surface area (Å²) < 4.78 is 92.3. The molecule has 2 aliphatic carbocycles. The van der Waals surface area contributed by atoms with Gasteiger partial charge in [-0.1, -0.05) is 6.42 Å². The Balaban J connectivity index is 1.22. The summed E-state index contributed by atoms with van der Waals surface area (Å²) in [5.74, 6) is -1.95. The van der Waals surface area contributed by atoms with Crippen LogP contribution in [-0.4, -0.2) is 96.5 Å². The summed E-state index contributed by atoms with van der Waals surface area (Å²) in [5.41, 5.74) is -1.65. The van der Waals surface area contributed by atoms with Crippen LogP contribution in [0.1, 0.15) is 50.5 Å². The van der Waals surface area contributed by atoms with E-state index >= 15 is 0 Å². The molecule has 0 N–H and O–H groups in total. The van der Waals surface area contributed by atoms with E-state index in [1.54, 1.807) is 4.90 Å². The van der Waals surface area contributed by atoms with Crippen molar-refractivity contribution in [3.05, 3.63) is 23.9 Å². The quantitative estimate of drug-likeness (QED) is 0.473. The fourth-order valence-corrected chi connectivity index (χ4v) is 8.38. The van der Waals surface area contributed by atoms with Gasteiger partial charge >= 0.3 is 18.3 Å². The topological polar surface area (TPSA) is 75.2 Å². The molecule has 2 amide bonds. The lowest BCUT2D eigenvalue weighted by molar-refractivity contribution is -0.197. The Kier molecular flexibility index (Phi) is 7.39. The van der Waals surface area contributed by atoms with Crippen LogP contribution in [0.15, 0.2) is 18.3 Å². The number of carbonyl (C=O) groups is 2. The summed E-state index contributed by atoms with van der Waals surface area (Å²) in [5, 5.41) is 0. The van der Waals surface area contributed by atoms with E-state index in [0.29, 0.717) is 38.8 Å². The van der Waals surface area contributed by atoms with Crippen molar-refractivity contribution in [2.24, 2.45) is 11.3 Å². The number of aromatic nitrogens is 1. The number of rotatable bonds is 5. The number of carbonyl (C=O) groups excluding carboxylic acids is 2. The van der Waals surface area contributed by atoms with Crippen molar-refractivity contribution >= 4 is 17.6 Å². The monoisotopic (exact) mass is 604 g/mol. The standard InChI is InChI=1S/C28H34F6N4O4/c1-41-22-15-42-8-5-21(22)38(25(40)28(32,33)34)18-9-16-3-2-6-26(16,12-18)24(39)37-14-19-11-20(37)13-36(19)23-10-17(4-7-35-23)27(29,30)31/h4,7,10,16,18-22H,2-3,5-6,8-9,11-15H2,1H3/t16-,18-,19+,20+,21+,22-,26-/m1/s1. The number of hydrogen-bond donors (Lipinski definition) is 0. The molecule has 1 aromatic rings. The molecule has 2 bridgehead atoms. The van der Waals surface area contributed by atoms with Crippen LogP contribution in [0.5, 0.6) is 0 Å². The van der Waals surface area contributed by atoms with E-state index in [1.807, 2.05) is 4.90 Å². The number of alkyl halides is 6. The average Bonchev–Trinajstić information content (AvgIpc) is 3.72. The van der Waals surface area contributed by atoms with Gasteiger partial charge in [0.1, 0.15) is 11.9 Å². The molecular weight excluding hydrogens is 570 g/mol. The molecule has 5 aliphatic rings. The first kappa shape index (κ1) is 29.5. The molecule has 42 heavy (non-hydrogen) atoms. The molecule has 1 aromatic heterocycles. The molecule has 8 nitrogen and oxygen atoms in total. The van der Waals surface area contributed by atoms with Crippen molar-refractivity contribution in [1.82, 2.24) is 14.8 Å². The second kappa shape index (κ2) is 10.5. The van der Waals surface area contributed by atoms with Gasteiger partial charge in [-0.25, -0.2) is 4.98 Å². The zero-order valence-electron chi connectivity index (χ0n) is 23.2. The van der Waals surface area contributed by atoms with E-state index in [4.69, 9.17) is 9.47 Å². The Labute approximate surface area is 239 Å². The average molecular weight is 605 g/mol. The zero-order chi connectivity index (χ0) is 30.0. The van der Waals surface area contributed by atoms with Crippen LogP contribution in [-0.2, 0) is 25.2 Å². The van der Waals surface area contributed by atoms with Crippen molar-refractivity contribution in [2.45, 2.75) is 87.6 Å². The molecule has 232 valence electrons. The van der Waals surface area contributed by atoms with E-state index < -0.39 is 47.4 Å². The van der Waals surface area contributed by atoms with Gasteiger partial charge in [0.05, 0.1) is 35.7 Å². The molecular formula is C28H34F6N4O4. The number of pyridine rings is 1. The van der Waals surface area contributed by atoms with Crippen molar-refractivity contribution in [2.75, 3.05) is 38.3 Å². The number of ether oxygens (including phenoxy) is 2. The van der Waals surface area contributed by atoms with E-state index in [9.17, 15) is 35.9 Å². The highest BCUT2D eigenvalue weighted by molar-refractivity contribution is 5.86. The van der Waals surface area contributed by atoms with Gasteiger partial charge in [0, 0.05) is 39.0 Å². The van der Waals surface area contributed by atoms with Gasteiger partial charge in [-0.15, -0.1) is 0 Å². The van der Waals surface area contributed by atoms with Crippen LogP contribution in [0.4, 0.5) is 32.2 Å². The van der Waals surface area contributed by atoms with Gasteiger partial charge in [-0.05, 0) is 56.6 Å². The molecule has 14 heteroatoms. The van der Waals surface area contributed by atoms with Gasteiger partial charge in [-0.2, -0.15) is 26.3 Å². The molecule has 2 saturated carbocycles. The highest BCUT2D eigenvalue weighted by atomic mass is 19.4. The van der Waals surface area contributed by atoms with Crippen molar-refractivity contribution < 1.29 is 45.4 Å². The number of nitrogens with zero attached hydrogens (tertiary/aromatic N) is 4. The molecule has 3 saturated heterocycles. The maximum absolute atomic E-state index is 14.3. The first-order valence-electron chi connectivity index (χ1n) is 14.4. The van der Waals surface area contributed by atoms with Crippen LogP contribution in [0.2, 0.25) is 0 Å². The predicted octanol–water partition coefficient (Wildman–Crippen LogP) is 4.03. The summed E-state index contributed by atoms with van der Waals surface area (Å²) in [6, 6.07) is -0.0577. The van der Waals surface area contributed by atoms with Gasteiger partial charge in [-0.3, -0.25) is 9.59 Å². The summed E-state index contributed by atoms with van der Waals surface area (Å²) in [4.78, 5) is 35.8. The third-order valence-electron chi connectivity index (χ3n) is 10.2. The maximum Gasteiger partial charge on any atom is 0.471 e. The first-order valence-corrected chi connectivity index (χ1v) is 14.4. The zero-order valence-corrected chi connectivity index (χ0v) is 23.2. The fourth-order valence-electron chi connectivity index (χ4n) is 8.38.